The molecule has 180 valence electrons. The van der Waals surface area contributed by atoms with E-state index in [1.807, 2.05) is 11.3 Å². The minimum atomic E-state index is -3.67. The molecule has 33 heavy (non-hydrogen) atoms. The second kappa shape index (κ2) is 10.1. The molecule has 1 saturated heterocycles. The fourth-order valence-electron chi connectivity index (χ4n) is 4.69. The van der Waals surface area contributed by atoms with E-state index in [-0.39, 0.29) is 0 Å². The summed E-state index contributed by atoms with van der Waals surface area (Å²) in [5, 5.41) is 6.25. The summed E-state index contributed by atoms with van der Waals surface area (Å²) < 4.78 is 28.2. The summed E-state index contributed by atoms with van der Waals surface area (Å²) in [6.07, 6.45) is 7.35. The average molecular weight is 491 g/mol. The Kier molecular flexibility index (Phi) is 7.43. The molecule has 9 heteroatoms. The van der Waals surface area contributed by atoms with Crippen molar-refractivity contribution in [2.75, 3.05) is 44.4 Å². The molecule has 1 aliphatic carbocycles. The molecule has 3 aromatic rings. The molecule has 5 rings (SSSR count). The highest BCUT2D eigenvalue weighted by molar-refractivity contribution is 7.85. The van der Waals surface area contributed by atoms with Gasteiger partial charge in [-0.05, 0) is 50.6 Å². The van der Waals surface area contributed by atoms with Crippen LogP contribution >= 0.6 is 11.3 Å². The van der Waals surface area contributed by atoms with Crippen molar-refractivity contribution < 1.29 is 13.0 Å². The Hall–Kier alpha value is -1.94. The van der Waals surface area contributed by atoms with Crippen molar-refractivity contribution in [3.05, 3.63) is 36.0 Å². The van der Waals surface area contributed by atoms with Gasteiger partial charge >= 0.3 is 0 Å². The maximum Gasteiger partial charge on any atom is 0.261 e. The number of aromatic nitrogens is 2. The van der Waals surface area contributed by atoms with Gasteiger partial charge in [-0.1, -0.05) is 31.4 Å². The van der Waals surface area contributed by atoms with Gasteiger partial charge in [0.25, 0.3) is 10.1 Å². The van der Waals surface area contributed by atoms with Crippen molar-refractivity contribution in [3.63, 3.8) is 0 Å². The Balaban J connectivity index is 0.000000471. The molecule has 7 nitrogen and oxygen atoms in total. The van der Waals surface area contributed by atoms with E-state index in [0.29, 0.717) is 12.3 Å². The third kappa shape index (κ3) is 6.15. The van der Waals surface area contributed by atoms with Crippen LogP contribution in [-0.2, 0) is 10.1 Å². The molecule has 1 aromatic carbocycles. The lowest BCUT2D eigenvalue weighted by Crippen LogP contribution is -2.44. The SMILES string of the molecule is CS(=O)(=O)O.Cc1nn(C2CCCCC2)c2sc(-c3ccc(N4CCN(C)CC4)cc3)cc12. The van der Waals surface area contributed by atoms with Crippen LogP contribution in [0.2, 0.25) is 0 Å². The number of hydrogen-bond acceptors (Lipinski definition) is 6. The van der Waals surface area contributed by atoms with Gasteiger partial charge in [-0.25, -0.2) is 0 Å². The molecule has 0 spiro atoms. The topological polar surface area (TPSA) is 78.7 Å². The van der Waals surface area contributed by atoms with Gasteiger partial charge in [0, 0.05) is 42.1 Å². The molecule has 0 radical (unpaired) electrons. The predicted octanol–water partition coefficient (Wildman–Crippen LogP) is 4.83. The maximum absolute atomic E-state index is 9.19. The van der Waals surface area contributed by atoms with E-state index in [4.69, 9.17) is 9.65 Å². The van der Waals surface area contributed by atoms with Crippen LogP contribution in [0.5, 0.6) is 0 Å². The lowest BCUT2D eigenvalue weighted by Gasteiger charge is -2.34. The van der Waals surface area contributed by atoms with Gasteiger partial charge in [0.1, 0.15) is 4.83 Å². The molecule has 0 bridgehead atoms. The van der Waals surface area contributed by atoms with Gasteiger partial charge in [0.2, 0.25) is 0 Å². The molecule has 2 aliphatic rings. The fraction of sp³-hybridized carbons (Fsp3) is 0.542. The Morgan fingerprint density at radius 2 is 1.64 bits per heavy atom. The third-order valence-electron chi connectivity index (χ3n) is 6.51. The lowest BCUT2D eigenvalue weighted by molar-refractivity contribution is 0.313. The van der Waals surface area contributed by atoms with E-state index in [2.05, 4.69) is 58.8 Å². The highest BCUT2D eigenvalue weighted by Crippen LogP contribution is 2.39. The largest absolute Gasteiger partial charge is 0.369 e. The standard InChI is InChI=1S/C23H30N4S.CH4O3S/c1-17-21-16-22(28-23(21)27(24-17)20-6-4-3-5-7-20)18-8-10-19(11-9-18)26-14-12-25(2)13-15-26;1-5(2,3)4/h8-11,16,20H,3-7,12-15H2,1-2H3;1H3,(H,2,3,4). The number of nitrogens with zero attached hydrogens (tertiary/aromatic N) is 4. The number of benzene rings is 1. The molecular weight excluding hydrogens is 456 g/mol. The minimum Gasteiger partial charge on any atom is -0.369 e. The van der Waals surface area contributed by atoms with Gasteiger partial charge in [-0.15, -0.1) is 11.3 Å². The van der Waals surface area contributed by atoms with Crippen LogP contribution in [0.15, 0.2) is 30.3 Å². The van der Waals surface area contributed by atoms with Crippen LogP contribution in [0, 0.1) is 6.92 Å². The molecule has 0 unspecified atom stereocenters. The lowest BCUT2D eigenvalue weighted by atomic mass is 9.96. The van der Waals surface area contributed by atoms with Crippen molar-refractivity contribution in [1.82, 2.24) is 14.7 Å². The third-order valence-corrected chi connectivity index (χ3v) is 7.68. The summed E-state index contributed by atoms with van der Waals surface area (Å²) in [4.78, 5) is 7.63. The second-order valence-corrected chi connectivity index (χ2v) is 11.7. The normalized spacial score (nSPS) is 18.4. The van der Waals surface area contributed by atoms with Crippen molar-refractivity contribution >= 4 is 37.4 Å². The molecule has 2 aromatic heterocycles. The fourth-order valence-corrected chi connectivity index (χ4v) is 5.93. The first-order chi connectivity index (χ1) is 15.7. The quantitative estimate of drug-likeness (QED) is 0.530. The summed E-state index contributed by atoms with van der Waals surface area (Å²) >= 11 is 1.91. The summed E-state index contributed by atoms with van der Waals surface area (Å²) in [7, 11) is -1.46. The number of likely N-dealkylation sites (N-methyl/N-ethyl adjacent to an activating group) is 1. The smallest absolute Gasteiger partial charge is 0.261 e. The van der Waals surface area contributed by atoms with Gasteiger partial charge in [0.05, 0.1) is 18.0 Å². The zero-order chi connectivity index (χ0) is 23.6. The Labute approximate surface area is 200 Å². The molecule has 1 aliphatic heterocycles. The van der Waals surface area contributed by atoms with Gasteiger partial charge in [-0.3, -0.25) is 9.23 Å². The summed E-state index contributed by atoms with van der Waals surface area (Å²) in [6.45, 7) is 6.70. The number of thiophene rings is 1. The minimum absolute atomic E-state index is 0.594. The number of piperazine rings is 1. The van der Waals surface area contributed by atoms with Crippen LogP contribution in [0.3, 0.4) is 0 Å². The Bertz CT molecular complexity index is 1160. The second-order valence-electron chi connectivity index (χ2n) is 9.22. The molecule has 2 fully saturated rings. The van der Waals surface area contributed by atoms with Gasteiger partial charge < -0.3 is 9.80 Å². The predicted molar refractivity (Wildman–Crippen MR) is 137 cm³/mol. The number of fused-ring (bicyclic) bond motifs is 1. The number of aryl methyl sites for hydroxylation is 1. The Morgan fingerprint density at radius 3 is 2.24 bits per heavy atom. The first kappa shape index (κ1) is 24.2. The van der Waals surface area contributed by atoms with Crippen molar-refractivity contribution in [3.8, 4) is 10.4 Å². The first-order valence-corrected chi connectivity index (χ1v) is 14.3. The maximum atomic E-state index is 9.19. The molecular formula is C24H34N4O3S2. The van der Waals surface area contributed by atoms with Crippen LogP contribution in [0.4, 0.5) is 5.69 Å². The van der Waals surface area contributed by atoms with E-state index in [0.717, 1.165) is 26.2 Å². The van der Waals surface area contributed by atoms with Crippen molar-refractivity contribution in [2.24, 2.45) is 0 Å². The van der Waals surface area contributed by atoms with Gasteiger partial charge in [0.15, 0.2) is 0 Å². The van der Waals surface area contributed by atoms with Crippen LogP contribution in [-0.4, -0.2) is 67.1 Å². The average Bonchev–Trinajstić information content (AvgIpc) is 3.35. The summed E-state index contributed by atoms with van der Waals surface area (Å²) in [5.74, 6) is 0. The summed E-state index contributed by atoms with van der Waals surface area (Å²) in [6, 6.07) is 12.1. The van der Waals surface area contributed by atoms with E-state index in [1.165, 1.54) is 64.1 Å². The zero-order valence-corrected chi connectivity index (χ0v) is 21.3. The monoisotopic (exact) mass is 490 g/mol. The van der Waals surface area contributed by atoms with Crippen LogP contribution in [0.1, 0.15) is 43.8 Å². The number of rotatable bonds is 3. The highest BCUT2D eigenvalue weighted by Gasteiger charge is 2.21. The highest BCUT2D eigenvalue weighted by atomic mass is 32.2. The zero-order valence-electron chi connectivity index (χ0n) is 19.7. The molecule has 0 atom stereocenters. The summed E-state index contributed by atoms with van der Waals surface area (Å²) in [5.41, 5.74) is 3.85. The van der Waals surface area contributed by atoms with E-state index in [9.17, 15) is 8.42 Å². The van der Waals surface area contributed by atoms with E-state index < -0.39 is 10.1 Å². The van der Waals surface area contributed by atoms with Crippen LogP contribution in [0.25, 0.3) is 20.7 Å². The molecule has 3 heterocycles. The first-order valence-electron chi connectivity index (χ1n) is 11.6. The van der Waals surface area contributed by atoms with Crippen molar-refractivity contribution in [1.29, 1.82) is 0 Å². The number of hydrogen-bond donors (Lipinski definition) is 1. The van der Waals surface area contributed by atoms with E-state index in [1.54, 1.807) is 0 Å². The molecule has 1 saturated carbocycles. The van der Waals surface area contributed by atoms with E-state index >= 15 is 0 Å². The number of anilines is 1. The van der Waals surface area contributed by atoms with Crippen molar-refractivity contribution in [2.45, 2.75) is 45.1 Å². The molecule has 0 amide bonds. The van der Waals surface area contributed by atoms with Crippen LogP contribution < -0.4 is 4.90 Å². The Morgan fingerprint density at radius 1 is 1.03 bits per heavy atom. The van der Waals surface area contributed by atoms with Gasteiger partial charge in [-0.2, -0.15) is 13.5 Å². The molecule has 1 N–H and O–H groups in total.